The van der Waals surface area contributed by atoms with E-state index >= 15 is 0 Å². The molecule has 3 aromatic rings. The highest BCUT2D eigenvalue weighted by molar-refractivity contribution is 7.99. The van der Waals surface area contributed by atoms with Crippen molar-refractivity contribution < 1.29 is 14.7 Å². The predicted molar refractivity (Wildman–Crippen MR) is 127 cm³/mol. The molecule has 4 rings (SSSR count). The van der Waals surface area contributed by atoms with Gasteiger partial charge in [-0.05, 0) is 49.8 Å². The summed E-state index contributed by atoms with van der Waals surface area (Å²) in [5.74, 6) is -0.807. The number of aromatic nitrogens is 2. The van der Waals surface area contributed by atoms with Crippen molar-refractivity contribution in [2.24, 2.45) is 5.73 Å². The first-order valence-electron chi connectivity index (χ1n) is 10.5. The molecule has 10 heteroatoms. The first kappa shape index (κ1) is 22.5. The standard InChI is InChI=1S/C22H24N4O4S2/c23-19(29)18-14-7-2-4-9-16(14)32-20(18)25-17(28)12-31-22-24-15-8-3-1-6-13(15)21(30)26(22)10-5-11-27/h1,3,6,8,27H,2,4-5,7,9-12H2,(H2,23,29)(H,25,28). The molecule has 8 nitrogen and oxygen atoms in total. The fraction of sp³-hybridized carbons (Fsp3) is 0.364. The Morgan fingerprint density at radius 2 is 2.03 bits per heavy atom. The third-order valence-corrected chi connectivity index (χ3v) is 7.55. The van der Waals surface area contributed by atoms with Gasteiger partial charge < -0.3 is 16.2 Å². The molecule has 0 spiro atoms. The minimum Gasteiger partial charge on any atom is -0.396 e. The van der Waals surface area contributed by atoms with Gasteiger partial charge in [-0.3, -0.25) is 19.0 Å². The lowest BCUT2D eigenvalue weighted by atomic mass is 9.95. The second-order valence-corrected chi connectivity index (χ2v) is 9.61. The van der Waals surface area contributed by atoms with Crippen LogP contribution in [0.3, 0.4) is 0 Å². The van der Waals surface area contributed by atoms with Crippen LogP contribution in [0.2, 0.25) is 0 Å². The van der Waals surface area contributed by atoms with E-state index in [9.17, 15) is 19.5 Å². The molecule has 4 N–H and O–H groups in total. The highest BCUT2D eigenvalue weighted by Gasteiger charge is 2.25. The highest BCUT2D eigenvalue weighted by Crippen LogP contribution is 2.38. The molecule has 2 aromatic heterocycles. The maximum Gasteiger partial charge on any atom is 0.262 e. The Morgan fingerprint density at radius 1 is 1.25 bits per heavy atom. The molecule has 1 aliphatic rings. The SMILES string of the molecule is NC(=O)c1c(NC(=O)CSc2nc3ccccc3c(=O)n2CCCO)sc2c1CCCC2. The number of benzene rings is 1. The fourth-order valence-corrected chi connectivity index (χ4v) is 6.03. The van der Waals surface area contributed by atoms with Gasteiger partial charge in [-0.1, -0.05) is 23.9 Å². The maximum atomic E-state index is 12.9. The van der Waals surface area contributed by atoms with Gasteiger partial charge in [-0.2, -0.15) is 0 Å². The van der Waals surface area contributed by atoms with Gasteiger partial charge in [0.2, 0.25) is 5.91 Å². The molecular weight excluding hydrogens is 448 g/mol. The third kappa shape index (κ3) is 4.57. The molecule has 0 bridgehead atoms. The summed E-state index contributed by atoms with van der Waals surface area (Å²) < 4.78 is 1.50. The lowest BCUT2D eigenvalue weighted by molar-refractivity contribution is -0.113. The quantitative estimate of drug-likeness (QED) is 0.342. The van der Waals surface area contributed by atoms with Crippen LogP contribution in [0.1, 0.15) is 40.1 Å². The molecule has 168 valence electrons. The average Bonchev–Trinajstić information content (AvgIpc) is 3.15. The summed E-state index contributed by atoms with van der Waals surface area (Å²) in [6, 6.07) is 7.05. The number of aliphatic hydroxyl groups is 1. The molecule has 0 unspecified atom stereocenters. The number of aryl methyl sites for hydroxylation is 1. The Kier molecular flexibility index (Phi) is 6.92. The Morgan fingerprint density at radius 3 is 2.81 bits per heavy atom. The normalized spacial score (nSPS) is 13.2. The first-order valence-corrected chi connectivity index (χ1v) is 12.3. The van der Waals surface area contributed by atoms with Crippen LogP contribution in [0, 0.1) is 0 Å². The molecule has 0 saturated carbocycles. The van der Waals surface area contributed by atoms with Gasteiger partial charge in [0, 0.05) is 18.0 Å². The van der Waals surface area contributed by atoms with Crippen molar-refractivity contribution in [1.82, 2.24) is 9.55 Å². The molecular formula is C22H24N4O4S2. The van der Waals surface area contributed by atoms with Crippen molar-refractivity contribution >= 4 is 50.8 Å². The third-order valence-electron chi connectivity index (χ3n) is 5.37. The van der Waals surface area contributed by atoms with Gasteiger partial charge in [0.25, 0.3) is 11.5 Å². The average molecular weight is 473 g/mol. The number of nitrogens with two attached hydrogens (primary N) is 1. The van der Waals surface area contributed by atoms with Gasteiger partial charge in [-0.25, -0.2) is 4.98 Å². The van der Waals surface area contributed by atoms with Crippen molar-refractivity contribution in [3.8, 4) is 0 Å². The number of thiophene rings is 1. The van der Waals surface area contributed by atoms with E-state index in [2.05, 4.69) is 10.3 Å². The summed E-state index contributed by atoms with van der Waals surface area (Å²) in [5.41, 5.74) is 7.35. The minimum atomic E-state index is -0.526. The molecule has 1 aromatic carbocycles. The van der Waals surface area contributed by atoms with E-state index in [-0.39, 0.29) is 23.8 Å². The van der Waals surface area contributed by atoms with Crippen LogP contribution in [0.5, 0.6) is 0 Å². The lowest BCUT2D eigenvalue weighted by Gasteiger charge is -2.13. The molecule has 0 saturated heterocycles. The summed E-state index contributed by atoms with van der Waals surface area (Å²) >= 11 is 2.57. The van der Waals surface area contributed by atoms with Crippen molar-refractivity contribution in [3.05, 3.63) is 50.6 Å². The Hall–Kier alpha value is -2.69. The molecule has 2 amide bonds. The van der Waals surface area contributed by atoms with Crippen molar-refractivity contribution in [1.29, 1.82) is 0 Å². The number of aliphatic hydroxyl groups excluding tert-OH is 1. The van der Waals surface area contributed by atoms with Gasteiger partial charge in [0.1, 0.15) is 5.00 Å². The van der Waals surface area contributed by atoms with E-state index in [0.717, 1.165) is 47.9 Å². The second kappa shape index (κ2) is 9.85. The van der Waals surface area contributed by atoms with Crippen LogP contribution in [0.15, 0.2) is 34.2 Å². The topological polar surface area (TPSA) is 127 Å². The van der Waals surface area contributed by atoms with Crippen LogP contribution < -0.4 is 16.6 Å². The van der Waals surface area contributed by atoms with Crippen molar-refractivity contribution in [2.75, 3.05) is 17.7 Å². The summed E-state index contributed by atoms with van der Waals surface area (Å²) in [6.07, 6.45) is 4.17. The Labute approximate surface area is 192 Å². The molecule has 0 fully saturated rings. The highest BCUT2D eigenvalue weighted by atomic mass is 32.2. The van der Waals surface area contributed by atoms with Crippen LogP contribution in [-0.4, -0.2) is 38.8 Å². The predicted octanol–water partition coefficient (Wildman–Crippen LogP) is 2.55. The van der Waals surface area contributed by atoms with E-state index in [1.807, 2.05) is 0 Å². The summed E-state index contributed by atoms with van der Waals surface area (Å²) in [4.78, 5) is 43.3. The number of nitrogens with zero attached hydrogens (tertiary/aromatic N) is 2. The number of thioether (sulfide) groups is 1. The van der Waals surface area contributed by atoms with Gasteiger partial charge >= 0.3 is 0 Å². The zero-order valence-electron chi connectivity index (χ0n) is 17.4. The number of hydrogen-bond donors (Lipinski definition) is 3. The maximum absolute atomic E-state index is 12.9. The molecule has 32 heavy (non-hydrogen) atoms. The summed E-state index contributed by atoms with van der Waals surface area (Å²) in [7, 11) is 0. The van der Waals surface area contributed by atoms with Crippen LogP contribution in [0.4, 0.5) is 5.00 Å². The van der Waals surface area contributed by atoms with Crippen molar-refractivity contribution in [2.45, 2.75) is 43.8 Å². The molecule has 0 aliphatic heterocycles. The number of fused-ring (bicyclic) bond motifs is 2. The minimum absolute atomic E-state index is 0.0185. The van der Waals surface area contributed by atoms with Crippen LogP contribution in [-0.2, 0) is 24.2 Å². The smallest absolute Gasteiger partial charge is 0.262 e. The van der Waals surface area contributed by atoms with E-state index in [0.29, 0.717) is 39.6 Å². The van der Waals surface area contributed by atoms with Crippen LogP contribution >= 0.6 is 23.1 Å². The largest absolute Gasteiger partial charge is 0.396 e. The zero-order chi connectivity index (χ0) is 22.7. The van der Waals surface area contributed by atoms with Gasteiger partial charge in [-0.15, -0.1) is 11.3 Å². The van der Waals surface area contributed by atoms with Gasteiger partial charge in [0.05, 0.1) is 22.2 Å². The number of hydrogen-bond acceptors (Lipinski definition) is 7. The molecule has 2 heterocycles. The number of carbonyl (C=O) groups is 2. The number of carbonyl (C=O) groups excluding carboxylic acids is 2. The van der Waals surface area contributed by atoms with Crippen LogP contribution in [0.25, 0.3) is 10.9 Å². The fourth-order valence-electron chi connectivity index (χ4n) is 3.89. The van der Waals surface area contributed by atoms with E-state index in [1.54, 1.807) is 24.3 Å². The lowest BCUT2D eigenvalue weighted by Crippen LogP contribution is -2.25. The van der Waals surface area contributed by atoms with E-state index in [1.165, 1.54) is 15.9 Å². The zero-order valence-corrected chi connectivity index (χ0v) is 19.1. The number of anilines is 1. The number of amides is 2. The van der Waals surface area contributed by atoms with Crippen molar-refractivity contribution in [3.63, 3.8) is 0 Å². The molecule has 1 aliphatic carbocycles. The van der Waals surface area contributed by atoms with Gasteiger partial charge in [0.15, 0.2) is 5.16 Å². The Bertz CT molecular complexity index is 1230. The Balaban J connectivity index is 1.55. The monoisotopic (exact) mass is 472 g/mol. The summed E-state index contributed by atoms with van der Waals surface area (Å²) in [5, 5.41) is 13.4. The molecule has 0 radical (unpaired) electrons. The number of rotatable bonds is 8. The van der Waals surface area contributed by atoms with E-state index < -0.39 is 5.91 Å². The second-order valence-electron chi connectivity index (χ2n) is 7.56. The number of primary amides is 1. The first-order chi connectivity index (χ1) is 15.5. The van der Waals surface area contributed by atoms with E-state index in [4.69, 9.17) is 5.73 Å². The molecule has 0 atom stereocenters. The number of para-hydroxylation sites is 1. The summed E-state index contributed by atoms with van der Waals surface area (Å²) in [6.45, 7) is 0.253. The number of nitrogens with one attached hydrogen (secondary N) is 1.